The number of hydrogen-bond acceptors (Lipinski definition) is 14. The highest BCUT2D eigenvalue weighted by Gasteiger charge is 2.59. The summed E-state index contributed by atoms with van der Waals surface area (Å²) in [6.07, 6.45) is -12.1. The maximum Gasteiger partial charge on any atom is 0.338 e. The van der Waals surface area contributed by atoms with Gasteiger partial charge in [0.15, 0.2) is 37.2 Å². The molecule has 348 valence electrons. The van der Waals surface area contributed by atoms with E-state index >= 15 is 0 Å². The molecule has 68 heavy (non-hydrogen) atoms. The normalized spacial score (nSPS) is 28.8. The Bertz CT molecular complexity index is 2610. The molecule has 0 bridgehead atoms. The Labute approximate surface area is 397 Å². The molecule has 4 heterocycles. The molecular formula is C54H48O13S. The van der Waals surface area contributed by atoms with Gasteiger partial charge in [0.1, 0.15) is 36.0 Å². The number of aryl methyl sites for hydroxylation is 1. The molecule has 0 saturated carbocycles. The third-order valence-corrected chi connectivity index (χ3v) is 13.2. The zero-order valence-corrected chi connectivity index (χ0v) is 37.6. The summed E-state index contributed by atoms with van der Waals surface area (Å²) in [6, 6.07) is 52.1. The van der Waals surface area contributed by atoms with Gasteiger partial charge in [-0.05, 0) is 55.5 Å². The standard InChI is InChI=1S/C54H48O13S/c1-33-27-29-39(30-28-33)68-54-47(64-50(57)36-21-11-4-12-22-36)45(43-41(61-54)32-59-52(66-43)38-25-15-6-16-26-38)67-53-46(63-49(56)35-19-9-3-10-20-35)44(62-48(55)34-17-7-2-8-18-34)42-40(60-53)31-58-51(65-42)37-23-13-5-14-24-37/h2-30,40-47,51-54H,31-32H2,1H3/t40-,41-,42-,43-,44+,45+,46-,47-,51?,52?,53+,54+/m1/s1. The summed E-state index contributed by atoms with van der Waals surface area (Å²) in [5.74, 6) is -2.08. The van der Waals surface area contributed by atoms with Gasteiger partial charge in [-0.1, -0.05) is 145 Å². The molecular weight excluding hydrogens is 889 g/mol. The predicted molar refractivity (Wildman–Crippen MR) is 246 cm³/mol. The summed E-state index contributed by atoms with van der Waals surface area (Å²) >= 11 is 1.34. The fraction of sp³-hybridized carbons (Fsp3) is 0.278. The molecule has 0 N–H and O–H groups in total. The van der Waals surface area contributed by atoms with Crippen LogP contribution in [0.5, 0.6) is 0 Å². The van der Waals surface area contributed by atoms with Crippen LogP contribution < -0.4 is 0 Å². The van der Waals surface area contributed by atoms with Crippen LogP contribution in [0, 0.1) is 6.92 Å². The van der Waals surface area contributed by atoms with Crippen LogP contribution >= 0.6 is 11.8 Å². The van der Waals surface area contributed by atoms with Crippen molar-refractivity contribution >= 4 is 29.7 Å². The van der Waals surface area contributed by atoms with Crippen molar-refractivity contribution in [2.75, 3.05) is 13.2 Å². The van der Waals surface area contributed by atoms with Gasteiger partial charge in [0, 0.05) is 16.0 Å². The Kier molecular flexibility index (Phi) is 14.1. The summed E-state index contributed by atoms with van der Waals surface area (Å²) in [6.45, 7) is 2.05. The number of carbonyl (C=O) groups is 3. The van der Waals surface area contributed by atoms with Crippen LogP contribution in [-0.4, -0.2) is 91.7 Å². The minimum atomic E-state index is -1.51. The predicted octanol–water partition coefficient (Wildman–Crippen LogP) is 8.83. The van der Waals surface area contributed by atoms with E-state index in [1.54, 1.807) is 91.0 Å². The lowest BCUT2D eigenvalue weighted by atomic mass is 9.95. The molecule has 13 nitrogen and oxygen atoms in total. The van der Waals surface area contributed by atoms with E-state index in [0.717, 1.165) is 16.0 Å². The summed E-state index contributed by atoms with van der Waals surface area (Å²) in [5, 5.41) is 0. The van der Waals surface area contributed by atoms with Crippen molar-refractivity contribution in [3.63, 3.8) is 0 Å². The van der Waals surface area contributed by atoms with Crippen LogP contribution in [-0.2, 0) is 47.4 Å². The first-order chi connectivity index (χ1) is 33.3. The molecule has 0 radical (unpaired) electrons. The van der Waals surface area contributed by atoms with E-state index in [1.165, 1.54) is 11.8 Å². The number of ether oxygens (including phenoxy) is 10. The monoisotopic (exact) mass is 936 g/mol. The molecule has 14 heteroatoms. The van der Waals surface area contributed by atoms with Gasteiger partial charge in [-0.25, -0.2) is 14.4 Å². The largest absolute Gasteiger partial charge is 0.452 e. The average molecular weight is 937 g/mol. The number of esters is 3. The number of carbonyl (C=O) groups excluding carboxylic acids is 3. The van der Waals surface area contributed by atoms with Crippen LogP contribution in [0.2, 0.25) is 0 Å². The number of thioether (sulfide) groups is 1. The van der Waals surface area contributed by atoms with Crippen molar-refractivity contribution in [1.29, 1.82) is 0 Å². The molecule has 0 aliphatic carbocycles. The SMILES string of the molecule is Cc1ccc(S[C@@H]2O[C@@H]3COC(c4ccccc4)O[C@H]3[C@H](O[C@@H]3O[C@@H]4COC(c5ccccc5)O[C@H]4[C@H](OC(=O)c4ccccc4)[C@H]3OC(=O)c3ccccc3)[C@H]2OC(=O)c2ccccc2)cc1. The topological polar surface area (TPSA) is 144 Å². The Morgan fingerprint density at radius 1 is 0.456 bits per heavy atom. The highest BCUT2D eigenvalue weighted by Crippen LogP contribution is 2.44. The van der Waals surface area contributed by atoms with Gasteiger partial charge < -0.3 is 47.4 Å². The second-order valence-corrected chi connectivity index (χ2v) is 17.9. The van der Waals surface area contributed by atoms with E-state index in [0.29, 0.717) is 11.1 Å². The molecule has 10 rings (SSSR count). The first kappa shape index (κ1) is 45.6. The third-order valence-electron chi connectivity index (χ3n) is 12.0. The third kappa shape index (κ3) is 10.3. The molecule has 0 aromatic heterocycles. The van der Waals surface area contributed by atoms with Crippen LogP contribution in [0.1, 0.15) is 60.3 Å². The number of fused-ring (bicyclic) bond motifs is 2. The Hall–Kier alpha value is -6.20. The van der Waals surface area contributed by atoms with Crippen LogP contribution in [0.15, 0.2) is 181 Å². The van der Waals surface area contributed by atoms with E-state index in [4.69, 9.17) is 47.4 Å². The van der Waals surface area contributed by atoms with E-state index < -0.39 is 91.0 Å². The summed E-state index contributed by atoms with van der Waals surface area (Å²) in [5.41, 5.74) is 2.41. The first-order valence-electron chi connectivity index (χ1n) is 22.5. The van der Waals surface area contributed by atoms with E-state index in [2.05, 4.69) is 0 Å². The maximum absolute atomic E-state index is 14.3. The minimum Gasteiger partial charge on any atom is -0.452 e. The summed E-state index contributed by atoms with van der Waals surface area (Å²) in [4.78, 5) is 43.6. The van der Waals surface area contributed by atoms with E-state index in [9.17, 15) is 14.4 Å². The Morgan fingerprint density at radius 2 is 0.868 bits per heavy atom. The second-order valence-electron chi connectivity index (χ2n) is 16.7. The Balaban J connectivity index is 1.07. The summed E-state index contributed by atoms with van der Waals surface area (Å²) in [7, 11) is 0. The molecule has 2 unspecified atom stereocenters. The zero-order valence-electron chi connectivity index (χ0n) is 36.8. The van der Waals surface area contributed by atoms with Crippen molar-refractivity contribution in [2.45, 2.75) is 85.0 Å². The maximum atomic E-state index is 14.3. The lowest BCUT2D eigenvalue weighted by Crippen LogP contribution is -2.68. The fourth-order valence-electron chi connectivity index (χ4n) is 8.60. The first-order valence-corrected chi connectivity index (χ1v) is 23.3. The molecule has 0 spiro atoms. The highest BCUT2D eigenvalue weighted by molar-refractivity contribution is 7.99. The lowest BCUT2D eigenvalue weighted by molar-refractivity contribution is -0.387. The van der Waals surface area contributed by atoms with Gasteiger partial charge in [0.25, 0.3) is 0 Å². The highest BCUT2D eigenvalue weighted by atomic mass is 32.2. The van der Waals surface area contributed by atoms with Crippen molar-refractivity contribution in [2.24, 2.45) is 0 Å². The molecule has 12 atom stereocenters. The van der Waals surface area contributed by atoms with Gasteiger partial charge >= 0.3 is 17.9 Å². The molecule has 6 aromatic carbocycles. The fourth-order valence-corrected chi connectivity index (χ4v) is 9.70. The molecule has 4 aliphatic rings. The van der Waals surface area contributed by atoms with Gasteiger partial charge in [-0.3, -0.25) is 0 Å². The van der Waals surface area contributed by atoms with Crippen LogP contribution in [0.3, 0.4) is 0 Å². The zero-order chi connectivity index (χ0) is 46.4. The van der Waals surface area contributed by atoms with Crippen LogP contribution in [0.4, 0.5) is 0 Å². The van der Waals surface area contributed by atoms with Gasteiger partial charge in [0.2, 0.25) is 0 Å². The molecule has 4 aliphatic heterocycles. The average Bonchev–Trinajstić information content (AvgIpc) is 3.39. The number of rotatable bonds is 12. The van der Waals surface area contributed by atoms with Gasteiger partial charge in [0.05, 0.1) is 29.9 Å². The quantitative estimate of drug-likeness (QED) is 0.0852. The van der Waals surface area contributed by atoms with Gasteiger partial charge in [-0.15, -0.1) is 0 Å². The molecule has 6 aromatic rings. The molecule has 0 amide bonds. The lowest BCUT2D eigenvalue weighted by Gasteiger charge is -2.52. The van der Waals surface area contributed by atoms with Crippen molar-refractivity contribution in [3.05, 3.63) is 209 Å². The van der Waals surface area contributed by atoms with E-state index in [1.807, 2.05) is 91.9 Å². The van der Waals surface area contributed by atoms with Crippen LogP contribution in [0.25, 0.3) is 0 Å². The van der Waals surface area contributed by atoms with E-state index in [-0.39, 0.29) is 24.3 Å². The molecule has 4 fully saturated rings. The van der Waals surface area contributed by atoms with Crippen molar-refractivity contribution < 1.29 is 61.8 Å². The Morgan fingerprint density at radius 3 is 1.35 bits per heavy atom. The van der Waals surface area contributed by atoms with Crippen molar-refractivity contribution in [3.8, 4) is 0 Å². The number of benzene rings is 6. The second kappa shape index (κ2) is 21.0. The number of hydrogen-bond donors (Lipinski definition) is 0. The smallest absolute Gasteiger partial charge is 0.338 e. The van der Waals surface area contributed by atoms with Crippen molar-refractivity contribution in [1.82, 2.24) is 0 Å². The summed E-state index contributed by atoms with van der Waals surface area (Å²) < 4.78 is 66.2. The minimum absolute atomic E-state index is 0.0264. The van der Waals surface area contributed by atoms with Gasteiger partial charge in [-0.2, -0.15) is 0 Å². The molecule has 4 saturated heterocycles.